The summed E-state index contributed by atoms with van der Waals surface area (Å²) >= 11 is 3.28. The number of hydrogen-bond acceptors (Lipinski definition) is 4. The van der Waals surface area contributed by atoms with Crippen LogP contribution in [-0.2, 0) is 0 Å². The van der Waals surface area contributed by atoms with Crippen molar-refractivity contribution in [1.82, 2.24) is 9.97 Å². The largest absolute Gasteiger partial charge is 0.396 e. The second-order valence-electron chi connectivity index (χ2n) is 4.22. The van der Waals surface area contributed by atoms with Crippen LogP contribution in [0, 0.1) is 0 Å². The lowest BCUT2D eigenvalue weighted by Crippen LogP contribution is -2.41. The topological polar surface area (TPSA) is 69.2 Å². The first-order chi connectivity index (χ1) is 8.24. The summed E-state index contributed by atoms with van der Waals surface area (Å²) in [5.41, 5.74) is -0.164. The van der Waals surface area contributed by atoms with Crippen molar-refractivity contribution in [1.29, 1.82) is 0 Å². The minimum atomic E-state index is -0.164. The van der Waals surface area contributed by atoms with E-state index in [9.17, 15) is 4.79 Å². The molecule has 1 aromatic rings. The van der Waals surface area contributed by atoms with Crippen LogP contribution in [0.15, 0.2) is 15.6 Å². The number of anilines is 1. The Balaban J connectivity index is 2.29. The molecule has 1 atom stereocenters. The molecule has 2 heterocycles. The first-order valence-electron chi connectivity index (χ1n) is 5.84. The van der Waals surface area contributed by atoms with E-state index in [1.165, 1.54) is 12.7 Å². The molecule has 1 unspecified atom stereocenters. The molecule has 0 radical (unpaired) electrons. The number of aromatic nitrogens is 2. The van der Waals surface area contributed by atoms with Crippen molar-refractivity contribution in [2.75, 3.05) is 18.1 Å². The first kappa shape index (κ1) is 12.6. The molecule has 1 saturated heterocycles. The summed E-state index contributed by atoms with van der Waals surface area (Å²) in [7, 11) is 0. The Hall–Kier alpha value is -0.880. The van der Waals surface area contributed by atoms with Gasteiger partial charge >= 0.3 is 0 Å². The summed E-state index contributed by atoms with van der Waals surface area (Å²) in [5, 5.41) is 9.08. The Morgan fingerprint density at radius 3 is 3.18 bits per heavy atom. The quantitative estimate of drug-likeness (QED) is 0.882. The van der Waals surface area contributed by atoms with E-state index >= 15 is 0 Å². The molecule has 0 saturated carbocycles. The molecule has 0 bridgehead atoms. The van der Waals surface area contributed by atoms with Gasteiger partial charge in [-0.2, -0.15) is 0 Å². The average Bonchev–Trinajstić information content (AvgIpc) is 2.34. The Labute approximate surface area is 108 Å². The van der Waals surface area contributed by atoms with Gasteiger partial charge in [0.1, 0.15) is 4.47 Å². The van der Waals surface area contributed by atoms with Crippen molar-refractivity contribution in [3.05, 3.63) is 21.2 Å². The second-order valence-corrected chi connectivity index (χ2v) is 5.02. The Morgan fingerprint density at radius 1 is 1.59 bits per heavy atom. The van der Waals surface area contributed by atoms with Crippen LogP contribution < -0.4 is 10.5 Å². The van der Waals surface area contributed by atoms with Crippen molar-refractivity contribution in [2.45, 2.75) is 31.7 Å². The number of aliphatic hydroxyl groups excluding tert-OH is 1. The monoisotopic (exact) mass is 301 g/mol. The standard InChI is InChI=1S/C11H16BrN3O2/c12-9-10(13-7-14-11(9)17)15-5-2-1-3-8(15)4-6-16/h7-8,16H,1-6H2,(H,13,14,17). The van der Waals surface area contributed by atoms with Crippen LogP contribution in [-0.4, -0.2) is 34.3 Å². The number of aromatic amines is 1. The number of nitrogens with zero attached hydrogens (tertiary/aromatic N) is 2. The molecule has 2 N–H and O–H groups in total. The van der Waals surface area contributed by atoms with E-state index < -0.39 is 0 Å². The van der Waals surface area contributed by atoms with Gasteiger partial charge in [-0.15, -0.1) is 0 Å². The SMILES string of the molecule is O=c1[nH]cnc(N2CCCCC2CCO)c1Br. The lowest BCUT2D eigenvalue weighted by atomic mass is 10.00. The first-order valence-corrected chi connectivity index (χ1v) is 6.64. The zero-order valence-electron chi connectivity index (χ0n) is 9.53. The lowest BCUT2D eigenvalue weighted by Gasteiger charge is -2.36. The fraction of sp³-hybridized carbons (Fsp3) is 0.636. The van der Waals surface area contributed by atoms with Gasteiger partial charge < -0.3 is 15.0 Å². The van der Waals surface area contributed by atoms with Crippen LogP contribution in [0.25, 0.3) is 0 Å². The fourth-order valence-electron chi connectivity index (χ4n) is 2.30. The van der Waals surface area contributed by atoms with Crippen LogP contribution in [0.5, 0.6) is 0 Å². The maximum atomic E-state index is 11.5. The number of rotatable bonds is 3. The van der Waals surface area contributed by atoms with Crippen LogP contribution in [0.4, 0.5) is 5.82 Å². The molecular weight excluding hydrogens is 286 g/mol. The Kier molecular flexibility index (Phi) is 4.17. The lowest BCUT2D eigenvalue weighted by molar-refractivity contribution is 0.262. The zero-order valence-corrected chi connectivity index (χ0v) is 11.1. The van der Waals surface area contributed by atoms with Gasteiger partial charge in [0.05, 0.1) is 6.33 Å². The molecule has 2 rings (SSSR count). The Bertz CT molecular complexity index is 433. The van der Waals surface area contributed by atoms with Crippen molar-refractivity contribution >= 4 is 21.7 Å². The highest BCUT2D eigenvalue weighted by Crippen LogP contribution is 2.28. The third-order valence-corrected chi connectivity index (χ3v) is 3.85. The smallest absolute Gasteiger partial charge is 0.267 e. The third kappa shape index (κ3) is 2.69. The van der Waals surface area contributed by atoms with Gasteiger partial charge in [-0.1, -0.05) is 0 Å². The normalized spacial score (nSPS) is 20.6. The van der Waals surface area contributed by atoms with Crippen LogP contribution in [0.3, 0.4) is 0 Å². The predicted octanol–water partition coefficient (Wildman–Crippen LogP) is 1.27. The minimum Gasteiger partial charge on any atom is -0.396 e. The molecule has 17 heavy (non-hydrogen) atoms. The van der Waals surface area contributed by atoms with E-state index in [1.807, 2.05) is 0 Å². The number of aliphatic hydroxyl groups is 1. The molecule has 1 aliphatic heterocycles. The van der Waals surface area contributed by atoms with E-state index in [-0.39, 0.29) is 18.2 Å². The molecule has 1 fully saturated rings. The minimum absolute atomic E-state index is 0.164. The zero-order chi connectivity index (χ0) is 12.3. The van der Waals surface area contributed by atoms with Gasteiger partial charge in [-0.05, 0) is 41.6 Å². The summed E-state index contributed by atoms with van der Waals surface area (Å²) in [6.07, 6.45) is 5.46. The molecule has 1 aliphatic rings. The van der Waals surface area contributed by atoms with E-state index in [4.69, 9.17) is 5.11 Å². The highest BCUT2D eigenvalue weighted by atomic mass is 79.9. The summed E-state index contributed by atoms with van der Waals surface area (Å²) in [5.74, 6) is 0.687. The molecule has 5 nitrogen and oxygen atoms in total. The maximum absolute atomic E-state index is 11.5. The summed E-state index contributed by atoms with van der Waals surface area (Å²) < 4.78 is 0.477. The van der Waals surface area contributed by atoms with E-state index in [1.54, 1.807) is 0 Å². The predicted molar refractivity (Wildman–Crippen MR) is 69.2 cm³/mol. The summed E-state index contributed by atoms with van der Waals surface area (Å²) in [4.78, 5) is 20.4. The number of halogens is 1. The Morgan fingerprint density at radius 2 is 2.41 bits per heavy atom. The van der Waals surface area contributed by atoms with Gasteiger partial charge in [0.25, 0.3) is 5.56 Å². The fourth-order valence-corrected chi connectivity index (χ4v) is 2.75. The number of nitrogens with one attached hydrogen (secondary N) is 1. The van der Waals surface area contributed by atoms with E-state index in [0.29, 0.717) is 10.3 Å². The molecular formula is C11H16BrN3O2. The molecule has 0 aliphatic carbocycles. The molecule has 0 amide bonds. The van der Waals surface area contributed by atoms with Crippen molar-refractivity contribution < 1.29 is 5.11 Å². The average molecular weight is 302 g/mol. The van der Waals surface area contributed by atoms with Gasteiger partial charge in [0.15, 0.2) is 5.82 Å². The number of piperidine rings is 1. The highest BCUT2D eigenvalue weighted by molar-refractivity contribution is 9.10. The van der Waals surface area contributed by atoms with E-state index in [0.717, 1.165) is 25.8 Å². The van der Waals surface area contributed by atoms with Gasteiger partial charge in [-0.25, -0.2) is 4.98 Å². The van der Waals surface area contributed by atoms with Crippen LogP contribution in [0.1, 0.15) is 25.7 Å². The number of H-pyrrole nitrogens is 1. The molecule has 94 valence electrons. The van der Waals surface area contributed by atoms with Crippen LogP contribution >= 0.6 is 15.9 Å². The van der Waals surface area contributed by atoms with Gasteiger partial charge in [0.2, 0.25) is 0 Å². The van der Waals surface area contributed by atoms with Gasteiger partial charge in [-0.3, -0.25) is 4.79 Å². The van der Waals surface area contributed by atoms with Crippen molar-refractivity contribution in [2.24, 2.45) is 0 Å². The third-order valence-electron chi connectivity index (χ3n) is 3.14. The molecule has 0 aromatic carbocycles. The molecule has 0 spiro atoms. The van der Waals surface area contributed by atoms with Crippen LogP contribution in [0.2, 0.25) is 0 Å². The molecule has 1 aromatic heterocycles. The second kappa shape index (κ2) is 5.64. The van der Waals surface area contributed by atoms with Crippen molar-refractivity contribution in [3.8, 4) is 0 Å². The highest BCUT2D eigenvalue weighted by Gasteiger charge is 2.25. The van der Waals surface area contributed by atoms with Crippen molar-refractivity contribution in [3.63, 3.8) is 0 Å². The van der Waals surface area contributed by atoms with Gasteiger partial charge in [0, 0.05) is 19.2 Å². The number of hydrogen-bond donors (Lipinski definition) is 2. The maximum Gasteiger partial charge on any atom is 0.267 e. The molecule has 6 heteroatoms. The summed E-state index contributed by atoms with van der Waals surface area (Å²) in [6, 6.07) is 0.277. The van der Waals surface area contributed by atoms with E-state index in [2.05, 4.69) is 30.8 Å². The summed E-state index contributed by atoms with van der Waals surface area (Å²) in [6.45, 7) is 1.06.